The number of ketones is 1. The summed E-state index contributed by atoms with van der Waals surface area (Å²) in [5, 5.41) is 0. The number of carbonyl (C=O) groups is 1. The molecule has 0 saturated carbocycles. The second-order valence-corrected chi connectivity index (χ2v) is 10.9. The molecule has 2 aromatic rings. The molecule has 1 heterocycles. The topological polar surface area (TPSA) is 38.1 Å². The van der Waals surface area contributed by atoms with E-state index in [0.717, 1.165) is 43.0 Å². The van der Waals surface area contributed by atoms with E-state index in [9.17, 15) is 4.79 Å². The van der Waals surface area contributed by atoms with E-state index in [2.05, 4.69) is 81.4 Å². The van der Waals surface area contributed by atoms with Crippen molar-refractivity contribution >= 4 is 28.6 Å². The van der Waals surface area contributed by atoms with Crippen LogP contribution < -0.4 is 4.90 Å². The van der Waals surface area contributed by atoms with Crippen LogP contribution in [0.1, 0.15) is 85.9 Å². The normalized spacial score (nSPS) is 16.2. The number of carbonyl (C=O) groups excluding carboxylic acids is 1. The quantitative estimate of drug-likeness (QED) is 0.358. The average molecular weight is 450 g/mol. The van der Waals surface area contributed by atoms with Crippen molar-refractivity contribution in [2.75, 3.05) is 18.0 Å². The number of hydrogen-bond acceptors (Lipinski definition) is 3. The van der Waals surface area contributed by atoms with Gasteiger partial charge in [-0.25, -0.2) is 4.98 Å². The Balaban J connectivity index is 1.97. The van der Waals surface area contributed by atoms with Crippen molar-refractivity contribution in [1.82, 2.24) is 9.55 Å². The van der Waals surface area contributed by atoms with Gasteiger partial charge in [0.05, 0.1) is 11.0 Å². The number of unbranched alkanes of at least 4 members (excludes halogenated alkanes) is 2. The summed E-state index contributed by atoms with van der Waals surface area (Å²) in [6, 6.07) is 6.74. The highest BCUT2D eigenvalue weighted by molar-refractivity contribution is 5.92. The van der Waals surface area contributed by atoms with Crippen LogP contribution >= 0.6 is 0 Å². The van der Waals surface area contributed by atoms with Crippen molar-refractivity contribution in [3.8, 4) is 0 Å². The number of nitrogens with zero attached hydrogens (tertiary/aromatic N) is 3. The van der Waals surface area contributed by atoms with E-state index in [1.807, 2.05) is 6.08 Å². The summed E-state index contributed by atoms with van der Waals surface area (Å²) < 4.78 is 2.36. The van der Waals surface area contributed by atoms with Crippen molar-refractivity contribution in [2.45, 2.75) is 86.6 Å². The molecule has 4 heteroatoms. The third-order valence-electron chi connectivity index (χ3n) is 6.37. The monoisotopic (exact) mass is 449 g/mol. The second kappa shape index (κ2) is 11.2. The molecule has 1 aliphatic carbocycles. The lowest BCUT2D eigenvalue weighted by Gasteiger charge is -2.27. The first-order valence-electron chi connectivity index (χ1n) is 12.9. The first-order valence-corrected chi connectivity index (χ1v) is 12.9. The molecule has 0 radical (unpaired) electrons. The molecule has 0 bridgehead atoms. The van der Waals surface area contributed by atoms with E-state index in [0.29, 0.717) is 12.3 Å². The van der Waals surface area contributed by atoms with Gasteiger partial charge in [-0.2, -0.15) is 0 Å². The Kier molecular flexibility index (Phi) is 8.56. The first-order chi connectivity index (χ1) is 15.7. The maximum atomic E-state index is 12.2. The van der Waals surface area contributed by atoms with Crippen molar-refractivity contribution < 1.29 is 4.79 Å². The minimum absolute atomic E-state index is 0.0267. The maximum absolute atomic E-state index is 12.2. The van der Waals surface area contributed by atoms with Crippen molar-refractivity contribution in [3.63, 3.8) is 0 Å². The summed E-state index contributed by atoms with van der Waals surface area (Å²) in [6.45, 7) is 16.5. The summed E-state index contributed by atoms with van der Waals surface area (Å²) in [5.74, 6) is 1.72. The van der Waals surface area contributed by atoms with Gasteiger partial charge in [-0.3, -0.25) is 4.79 Å². The van der Waals surface area contributed by atoms with Crippen LogP contribution in [0.2, 0.25) is 0 Å². The zero-order valence-electron chi connectivity index (χ0n) is 21.7. The average Bonchev–Trinajstić information content (AvgIpc) is 3.07. The number of aromatic nitrogens is 2. The molecular weight excluding hydrogens is 406 g/mol. The highest BCUT2D eigenvalue weighted by atomic mass is 16.1. The van der Waals surface area contributed by atoms with E-state index in [1.54, 1.807) is 0 Å². The molecule has 0 unspecified atom stereocenters. The Bertz CT molecular complexity index is 1000. The first kappa shape index (κ1) is 25.3. The van der Waals surface area contributed by atoms with Gasteiger partial charge < -0.3 is 9.47 Å². The molecule has 33 heavy (non-hydrogen) atoms. The van der Waals surface area contributed by atoms with Gasteiger partial charge in [0.15, 0.2) is 5.78 Å². The maximum Gasteiger partial charge on any atom is 0.156 e. The predicted octanol–water partition coefficient (Wildman–Crippen LogP) is 7.43. The Labute approximate surface area is 200 Å². The molecule has 0 N–H and O–H groups in total. The lowest BCUT2D eigenvalue weighted by atomic mass is 9.77. The van der Waals surface area contributed by atoms with E-state index in [-0.39, 0.29) is 11.2 Å². The van der Waals surface area contributed by atoms with Gasteiger partial charge in [0.25, 0.3) is 0 Å². The highest BCUT2D eigenvalue weighted by Crippen LogP contribution is 2.34. The van der Waals surface area contributed by atoms with Gasteiger partial charge in [-0.05, 0) is 66.5 Å². The van der Waals surface area contributed by atoms with E-state index in [1.165, 1.54) is 36.9 Å². The minimum Gasteiger partial charge on any atom is -0.371 e. The van der Waals surface area contributed by atoms with Gasteiger partial charge in [-0.1, -0.05) is 60.5 Å². The zero-order chi connectivity index (χ0) is 24.0. The molecule has 0 atom stereocenters. The van der Waals surface area contributed by atoms with Gasteiger partial charge in [0.2, 0.25) is 0 Å². The Morgan fingerprint density at radius 2 is 1.79 bits per heavy atom. The van der Waals surface area contributed by atoms with Gasteiger partial charge in [0.1, 0.15) is 5.82 Å². The predicted molar refractivity (Wildman–Crippen MR) is 142 cm³/mol. The molecular formula is C29H43N3O. The lowest BCUT2D eigenvalue weighted by molar-refractivity contribution is -0.116. The highest BCUT2D eigenvalue weighted by Gasteiger charge is 2.26. The molecule has 0 fully saturated rings. The second-order valence-electron chi connectivity index (χ2n) is 10.9. The minimum atomic E-state index is 0.0267. The third kappa shape index (κ3) is 6.82. The smallest absolute Gasteiger partial charge is 0.156 e. The number of benzene rings is 1. The molecule has 1 aliphatic rings. The fourth-order valence-corrected chi connectivity index (χ4v) is 4.76. The van der Waals surface area contributed by atoms with Gasteiger partial charge in [-0.15, -0.1) is 0 Å². The molecule has 3 rings (SSSR count). The van der Waals surface area contributed by atoms with Gasteiger partial charge >= 0.3 is 0 Å². The summed E-state index contributed by atoms with van der Waals surface area (Å²) in [7, 11) is 0. The van der Waals surface area contributed by atoms with Crippen molar-refractivity contribution in [2.24, 2.45) is 11.3 Å². The van der Waals surface area contributed by atoms with Gasteiger partial charge in [0, 0.05) is 31.7 Å². The summed E-state index contributed by atoms with van der Waals surface area (Å²) >= 11 is 0. The number of rotatable bonds is 11. The molecule has 0 amide bonds. The van der Waals surface area contributed by atoms with Crippen LogP contribution in [0, 0.1) is 11.3 Å². The number of fused-ring (bicyclic) bond motifs is 1. The summed E-state index contributed by atoms with van der Waals surface area (Å²) in [5.41, 5.74) is 4.67. The fourth-order valence-electron chi connectivity index (χ4n) is 4.76. The van der Waals surface area contributed by atoms with E-state index in [4.69, 9.17) is 4.98 Å². The molecule has 180 valence electrons. The van der Waals surface area contributed by atoms with Crippen LogP contribution in [0.5, 0.6) is 0 Å². The standard InChI is InChI=1S/C29H43N3O/c1-7-9-15-31(16-10-8-2)24-12-13-26-27(18-24)32(21-22(3)4)28(30-26)14-11-23-17-25(33)20-29(5,6)19-23/h11-14,17-18,22H,7-10,15-16,19-21H2,1-6H3/b14-11+. The van der Waals surface area contributed by atoms with Crippen LogP contribution in [0.25, 0.3) is 17.1 Å². The summed E-state index contributed by atoms with van der Waals surface area (Å²) in [6.07, 6.45) is 12.4. The number of anilines is 1. The molecule has 1 aromatic heterocycles. The molecule has 0 saturated heterocycles. The van der Waals surface area contributed by atoms with Crippen LogP contribution in [0.15, 0.2) is 35.9 Å². The van der Waals surface area contributed by atoms with Crippen LogP contribution in [0.4, 0.5) is 5.69 Å². The van der Waals surface area contributed by atoms with E-state index >= 15 is 0 Å². The van der Waals surface area contributed by atoms with E-state index < -0.39 is 0 Å². The summed E-state index contributed by atoms with van der Waals surface area (Å²) in [4.78, 5) is 19.7. The Hall–Kier alpha value is -2.36. The van der Waals surface area contributed by atoms with Crippen molar-refractivity contribution in [3.05, 3.63) is 41.7 Å². The van der Waals surface area contributed by atoms with Crippen molar-refractivity contribution in [1.29, 1.82) is 0 Å². The Morgan fingerprint density at radius 3 is 2.39 bits per heavy atom. The zero-order valence-corrected chi connectivity index (χ0v) is 21.7. The molecule has 4 nitrogen and oxygen atoms in total. The van der Waals surface area contributed by atoms with Crippen LogP contribution in [-0.4, -0.2) is 28.4 Å². The largest absolute Gasteiger partial charge is 0.371 e. The number of imidazole rings is 1. The SMILES string of the molecule is CCCCN(CCCC)c1ccc2nc(/C=C/C3=CC(=O)CC(C)(C)C3)n(CC(C)C)c2c1. The molecule has 0 spiro atoms. The van der Waals surface area contributed by atoms with Crippen LogP contribution in [0.3, 0.4) is 0 Å². The number of hydrogen-bond donors (Lipinski definition) is 0. The lowest BCUT2D eigenvalue weighted by Crippen LogP contribution is -2.25. The molecule has 0 aliphatic heterocycles. The van der Waals surface area contributed by atoms with Crippen LogP contribution in [-0.2, 0) is 11.3 Å². The third-order valence-corrected chi connectivity index (χ3v) is 6.37. The Morgan fingerprint density at radius 1 is 1.09 bits per heavy atom. The molecule has 1 aromatic carbocycles. The fraction of sp³-hybridized carbons (Fsp3) is 0.586. The number of allylic oxidation sites excluding steroid dienone is 3.